The fourth-order valence-corrected chi connectivity index (χ4v) is 3.72. The fourth-order valence-electron chi connectivity index (χ4n) is 3.72. The van der Waals surface area contributed by atoms with Gasteiger partial charge in [0.1, 0.15) is 11.5 Å². The standard InChI is InChI=1S/C20H19FN6O2/c1-10-16-14(26-20(22)25-10)9-15(27(2)19(16)28)12-5-4-11(21)8-13(12)17-18(29-3)24-7-6-23-17/h4-8,15H,9H2,1-3H3,(H2,22,25,26). The van der Waals surface area contributed by atoms with Gasteiger partial charge in [0.15, 0.2) is 0 Å². The molecule has 1 amide bonds. The summed E-state index contributed by atoms with van der Waals surface area (Å²) >= 11 is 0. The summed E-state index contributed by atoms with van der Waals surface area (Å²) in [5.41, 5.74) is 8.97. The van der Waals surface area contributed by atoms with Gasteiger partial charge in [0.05, 0.1) is 30.1 Å². The van der Waals surface area contributed by atoms with Crippen molar-refractivity contribution in [2.45, 2.75) is 19.4 Å². The zero-order valence-corrected chi connectivity index (χ0v) is 16.2. The lowest BCUT2D eigenvalue weighted by atomic mass is 9.89. The largest absolute Gasteiger partial charge is 0.479 e. The van der Waals surface area contributed by atoms with Gasteiger partial charge in [0, 0.05) is 31.4 Å². The number of likely N-dealkylation sites (N-methyl/N-ethyl adjacent to an activating group) is 1. The number of amides is 1. The predicted molar refractivity (Wildman–Crippen MR) is 104 cm³/mol. The molecule has 9 heteroatoms. The highest BCUT2D eigenvalue weighted by Crippen LogP contribution is 2.39. The maximum atomic E-state index is 14.1. The van der Waals surface area contributed by atoms with Gasteiger partial charge < -0.3 is 15.4 Å². The van der Waals surface area contributed by atoms with Gasteiger partial charge in [-0.15, -0.1) is 0 Å². The Labute approximate surface area is 166 Å². The molecule has 3 heterocycles. The number of hydrogen-bond donors (Lipinski definition) is 1. The number of nitrogen functional groups attached to an aromatic ring is 1. The van der Waals surface area contributed by atoms with Gasteiger partial charge in [-0.2, -0.15) is 0 Å². The average Bonchev–Trinajstić information content (AvgIpc) is 2.70. The number of carbonyl (C=O) groups is 1. The number of benzene rings is 1. The second-order valence-electron chi connectivity index (χ2n) is 6.77. The Morgan fingerprint density at radius 2 is 2.00 bits per heavy atom. The van der Waals surface area contributed by atoms with Gasteiger partial charge in [-0.3, -0.25) is 4.79 Å². The summed E-state index contributed by atoms with van der Waals surface area (Å²) in [5, 5.41) is 0. The first kappa shape index (κ1) is 18.7. The molecule has 8 nitrogen and oxygen atoms in total. The van der Waals surface area contributed by atoms with E-state index >= 15 is 0 Å². The number of rotatable bonds is 3. The minimum absolute atomic E-state index is 0.118. The number of ether oxygens (including phenoxy) is 1. The molecule has 2 N–H and O–H groups in total. The molecule has 0 bridgehead atoms. The number of anilines is 1. The highest BCUT2D eigenvalue weighted by atomic mass is 19.1. The summed E-state index contributed by atoms with van der Waals surface area (Å²) in [5.74, 6) is -0.251. The number of aromatic nitrogens is 4. The maximum absolute atomic E-state index is 14.1. The van der Waals surface area contributed by atoms with Crippen molar-refractivity contribution in [2.24, 2.45) is 0 Å². The van der Waals surface area contributed by atoms with Crippen LogP contribution in [0.25, 0.3) is 11.3 Å². The van der Waals surface area contributed by atoms with E-state index < -0.39 is 11.9 Å². The Morgan fingerprint density at radius 1 is 1.24 bits per heavy atom. The van der Waals surface area contributed by atoms with Crippen molar-refractivity contribution in [2.75, 3.05) is 19.9 Å². The van der Waals surface area contributed by atoms with Gasteiger partial charge in [0.2, 0.25) is 11.8 Å². The van der Waals surface area contributed by atoms with Crippen molar-refractivity contribution in [3.05, 3.63) is 58.9 Å². The normalized spacial score (nSPS) is 15.9. The first-order valence-electron chi connectivity index (χ1n) is 8.95. The molecule has 1 atom stereocenters. The maximum Gasteiger partial charge on any atom is 0.257 e. The molecule has 0 fully saturated rings. The summed E-state index contributed by atoms with van der Waals surface area (Å²) in [6.07, 6.45) is 3.41. The van der Waals surface area contributed by atoms with E-state index in [1.54, 1.807) is 24.9 Å². The van der Waals surface area contributed by atoms with Crippen molar-refractivity contribution < 1.29 is 13.9 Å². The van der Waals surface area contributed by atoms with Gasteiger partial charge in [-0.1, -0.05) is 6.07 Å². The number of aryl methyl sites for hydroxylation is 1. The van der Waals surface area contributed by atoms with Crippen LogP contribution >= 0.6 is 0 Å². The van der Waals surface area contributed by atoms with Gasteiger partial charge in [-0.05, 0) is 24.6 Å². The molecule has 4 rings (SSSR count). The quantitative estimate of drug-likeness (QED) is 0.726. The van der Waals surface area contributed by atoms with E-state index in [9.17, 15) is 9.18 Å². The number of halogens is 1. The van der Waals surface area contributed by atoms with Crippen LogP contribution in [0.1, 0.15) is 33.4 Å². The van der Waals surface area contributed by atoms with E-state index in [-0.39, 0.29) is 17.7 Å². The molecule has 1 unspecified atom stereocenters. The van der Waals surface area contributed by atoms with Crippen LogP contribution in [0.15, 0.2) is 30.6 Å². The molecule has 148 valence electrons. The second-order valence-corrected chi connectivity index (χ2v) is 6.77. The lowest BCUT2D eigenvalue weighted by Crippen LogP contribution is -2.39. The third kappa shape index (κ3) is 3.14. The Morgan fingerprint density at radius 3 is 2.76 bits per heavy atom. The number of methoxy groups -OCH3 is 1. The highest BCUT2D eigenvalue weighted by Gasteiger charge is 2.35. The van der Waals surface area contributed by atoms with Crippen molar-refractivity contribution in [1.29, 1.82) is 0 Å². The first-order chi connectivity index (χ1) is 13.9. The van der Waals surface area contributed by atoms with E-state index in [0.29, 0.717) is 40.2 Å². The van der Waals surface area contributed by atoms with Crippen LogP contribution in [0.4, 0.5) is 10.3 Å². The lowest BCUT2D eigenvalue weighted by Gasteiger charge is -2.35. The van der Waals surface area contributed by atoms with E-state index in [2.05, 4.69) is 19.9 Å². The Kier molecular flexibility index (Phi) is 4.57. The highest BCUT2D eigenvalue weighted by molar-refractivity contribution is 5.97. The first-order valence-corrected chi connectivity index (χ1v) is 8.95. The van der Waals surface area contributed by atoms with Crippen LogP contribution in [0.5, 0.6) is 5.88 Å². The molecule has 0 saturated heterocycles. The fraction of sp³-hybridized carbons (Fsp3) is 0.250. The van der Waals surface area contributed by atoms with E-state index in [1.807, 2.05) is 0 Å². The third-order valence-electron chi connectivity index (χ3n) is 5.06. The average molecular weight is 394 g/mol. The molecule has 0 saturated carbocycles. The predicted octanol–water partition coefficient (Wildman–Crippen LogP) is 2.34. The molecule has 0 radical (unpaired) electrons. The summed E-state index contributed by atoms with van der Waals surface area (Å²) in [6.45, 7) is 1.73. The Hall–Kier alpha value is -3.62. The van der Waals surface area contributed by atoms with Crippen molar-refractivity contribution in [3.8, 4) is 17.1 Å². The Balaban J connectivity index is 1.89. The number of nitrogens with zero attached hydrogens (tertiary/aromatic N) is 5. The Bertz CT molecular complexity index is 1120. The number of hydrogen-bond acceptors (Lipinski definition) is 7. The molecule has 1 aliphatic heterocycles. The van der Waals surface area contributed by atoms with Crippen molar-refractivity contribution in [1.82, 2.24) is 24.8 Å². The van der Waals surface area contributed by atoms with Crippen LogP contribution in [-0.2, 0) is 6.42 Å². The molecule has 2 aromatic heterocycles. The third-order valence-corrected chi connectivity index (χ3v) is 5.06. The molecule has 0 spiro atoms. The van der Waals surface area contributed by atoms with E-state index in [1.165, 1.54) is 31.6 Å². The molecular formula is C20H19FN6O2. The minimum Gasteiger partial charge on any atom is -0.479 e. The molecule has 1 aromatic carbocycles. The number of carbonyl (C=O) groups excluding carboxylic acids is 1. The topological polar surface area (TPSA) is 107 Å². The van der Waals surface area contributed by atoms with Crippen LogP contribution < -0.4 is 10.5 Å². The summed E-state index contributed by atoms with van der Waals surface area (Å²) < 4.78 is 19.5. The second kappa shape index (κ2) is 7.08. The van der Waals surface area contributed by atoms with E-state index in [4.69, 9.17) is 10.5 Å². The summed E-state index contributed by atoms with van der Waals surface area (Å²) in [4.78, 5) is 31.5. The summed E-state index contributed by atoms with van der Waals surface area (Å²) in [7, 11) is 3.17. The molecule has 29 heavy (non-hydrogen) atoms. The van der Waals surface area contributed by atoms with Crippen LogP contribution in [-0.4, -0.2) is 44.9 Å². The van der Waals surface area contributed by atoms with Crippen LogP contribution in [0, 0.1) is 12.7 Å². The van der Waals surface area contributed by atoms with Crippen LogP contribution in [0.3, 0.4) is 0 Å². The van der Waals surface area contributed by atoms with Gasteiger partial charge in [-0.25, -0.2) is 24.3 Å². The van der Waals surface area contributed by atoms with Crippen molar-refractivity contribution in [3.63, 3.8) is 0 Å². The number of fused-ring (bicyclic) bond motifs is 1. The SMILES string of the molecule is COc1nccnc1-c1cc(F)ccc1C1Cc2nc(N)nc(C)c2C(=O)N1C. The summed E-state index contributed by atoms with van der Waals surface area (Å²) in [6, 6.07) is 3.98. The van der Waals surface area contributed by atoms with Crippen LogP contribution in [0.2, 0.25) is 0 Å². The zero-order valence-electron chi connectivity index (χ0n) is 16.2. The number of nitrogens with two attached hydrogens (primary N) is 1. The minimum atomic E-state index is -0.427. The molecular weight excluding hydrogens is 375 g/mol. The lowest BCUT2D eigenvalue weighted by molar-refractivity contribution is 0.0701. The van der Waals surface area contributed by atoms with Gasteiger partial charge in [0.25, 0.3) is 5.91 Å². The van der Waals surface area contributed by atoms with E-state index in [0.717, 1.165) is 0 Å². The zero-order chi connectivity index (χ0) is 20.7. The molecule has 0 aliphatic carbocycles. The monoisotopic (exact) mass is 394 g/mol. The molecule has 1 aliphatic rings. The van der Waals surface area contributed by atoms with Crippen molar-refractivity contribution >= 4 is 11.9 Å². The smallest absolute Gasteiger partial charge is 0.257 e. The molecule has 3 aromatic rings. The van der Waals surface area contributed by atoms with Gasteiger partial charge >= 0.3 is 0 Å².